The van der Waals surface area contributed by atoms with Crippen LogP contribution in [0.2, 0.25) is 0 Å². The zero-order valence-electron chi connectivity index (χ0n) is 16.2. The number of para-hydroxylation sites is 1. The summed E-state index contributed by atoms with van der Waals surface area (Å²) in [5, 5.41) is 8.41. The van der Waals surface area contributed by atoms with Gasteiger partial charge in [0.25, 0.3) is 5.91 Å². The number of halogens is 1. The summed E-state index contributed by atoms with van der Waals surface area (Å²) in [5.41, 5.74) is 2.80. The Hall–Kier alpha value is -2.67. The van der Waals surface area contributed by atoms with E-state index < -0.39 is 0 Å². The van der Waals surface area contributed by atoms with E-state index in [1.54, 1.807) is 19.1 Å². The Morgan fingerprint density at radius 2 is 2.07 bits per heavy atom. The number of nitrogens with zero attached hydrogens (tertiary/aromatic N) is 2. The highest BCUT2D eigenvalue weighted by molar-refractivity contribution is 9.10. The third-order valence-electron chi connectivity index (χ3n) is 5.01. The maximum absolute atomic E-state index is 13.0. The zero-order valence-corrected chi connectivity index (χ0v) is 17.7. The Morgan fingerprint density at radius 3 is 2.83 bits per heavy atom. The van der Waals surface area contributed by atoms with E-state index in [4.69, 9.17) is 4.74 Å². The molecular weight excluding hydrogens is 434 g/mol. The number of aromatic nitrogens is 2. The standard InChI is InChI=1S/C22H22BrN3O3/c1-2-29-21(27)11-15-5-3-4-6-19(15)25-22(28)16-9-18(23)17-12-24-26(20(17)10-16)13-14-7-8-14/h3-6,9-10,12,14H,2,7-8,11,13H2,1H3,(H,25,28). The second-order valence-electron chi connectivity index (χ2n) is 7.25. The van der Waals surface area contributed by atoms with E-state index in [-0.39, 0.29) is 18.3 Å². The summed E-state index contributed by atoms with van der Waals surface area (Å²) in [6.45, 7) is 2.98. The van der Waals surface area contributed by atoms with Gasteiger partial charge in [0.05, 0.1) is 24.7 Å². The third-order valence-corrected chi connectivity index (χ3v) is 5.66. The minimum Gasteiger partial charge on any atom is -0.466 e. The van der Waals surface area contributed by atoms with Crippen LogP contribution in [-0.2, 0) is 22.5 Å². The first kappa shape index (κ1) is 19.6. The maximum atomic E-state index is 13.0. The summed E-state index contributed by atoms with van der Waals surface area (Å²) in [6, 6.07) is 10.9. The number of hydrogen-bond donors (Lipinski definition) is 1. The normalized spacial score (nSPS) is 13.4. The number of amides is 1. The monoisotopic (exact) mass is 455 g/mol. The lowest BCUT2D eigenvalue weighted by molar-refractivity contribution is -0.142. The first-order chi connectivity index (χ1) is 14.0. The molecule has 1 amide bonds. The third kappa shape index (κ3) is 4.50. The van der Waals surface area contributed by atoms with Gasteiger partial charge < -0.3 is 10.1 Å². The fourth-order valence-electron chi connectivity index (χ4n) is 3.31. The summed E-state index contributed by atoms with van der Waals surface area (Å²) in [4.78, 5) is 24.8. The van der Waals surface area contributed by atoms with Crippen molar-refractivity contribution in [1.82, 2.24) is 9.78 Å². The molecule has 0 atom stereocenters. The molecule has 0 bridgehead atoms. The molecule has 0 radical (unpaired) electrons. The number of nitrogens with one attached hydrogen (secondary N) is 1. The molecule has 1 fully saturated rings. The topological polar surface area (TPSA) is 73.2 Å². The van der Waals surface area contributed by atoms with Gasteiger partial charge in [0.15, 0.2) is 0 Å². The molecule has 0 saturated heterocycles. The summed E-state index contributed by atoms with van der Waals surface area (Å²) in [7, 11) is 0. The van der Waals surface area contributed by atoms with Crippen LogP contribution in [0.25, 0.3) is 10.9 Å². The lowest BCUT2D eigenvalue weighted by Gasteiger charge is -2.12. The van der Waals surface area contributed by atoms with Crippen LogP contribution < -0.4 is 5.32 Å². The molecule has 7 heteroatoms. The Bertz CT molecular complexity index is 1070. The van der Waals surface area contributed by atoms with Crippen LogP contribution in [0.1, 0.15) is 35.7 Å². The van der Waals surface area contributed by atoms with E-state index in [0.29, 0.717) is 23.8 Å². The average Bonchev–Trinajstić information content (AvgIpc) is 3.42. The molecule has 0 aliphatic heterocycles. The van der Waals surface area contributed by atoms with Gasteiger partial charge in [0.2, 0.25) is 0 Å². The molecule has 29 heavy (non-hydrogen) atoms. The van der Waals surface area contributed by atoms with Crippen LogP contribution >= 0.6 is 15.9 Å². The second kappa shape index (κ2) is 8.37. The van der Waals surface area contributed by atoms with Gasteiger partial charge in [-0.05, 0) is 49.4 Å². The lowest BCUT2D eigenvalue weighted by Crippen LogP contribution is -2.15. The van der Waals surface area contributed by atoms with Gasteiger partial charge in [0.1, 0.15) is 0 Å². The molecule has 1 heterocycles. The second-order valence-corrected chi connectivity index (χ2v) is 8.11. The molecule has 4 rings (SSSR count). The molecule has 1 aliphatic carbocycles. The van der Waals surface area contributed by atoms with Crippen LogP contribution in [-0.4, -0.2) is 28.3 Å². The average molecular weight is 456 g/mol. The van der Waals surface area contributed by atoms with E-state index in [0.717, 1.165) is 27.5 Å². The van der Waals surface area contributed by atoms with Crippen LogP contribution in [0.5, 0.6) is 0 Å². The maximum Gasteiger partial charge on any atom is 0.310 e. The molecule has 0 unspecified atom stereocenters. The summed E-state index contributed by atoms with van der Waals surface area (Å²) in [6.07, 6.45) is 4.42. The van der Waals surface area contributed by atoms with Crippen molar-refractivity contribution in [3.63, 3.8) is 0 Å². The van der Waals surface area contributed by atoms with E-state index in [1.807, 2.05) is 35.1 Å². The van der Waals surface area contributed by atoms with Crippen molar-refractivity contribution in [1.29, 1.82) is 0 Å². The quantitative estimate of drug-likeness (QED) is 0.529. The van der Waals surface area contributed by atoms with Gasteiger partial charge in [-0.15, -0.1) is 0 Å². The molecule has 6 nitrogen and oxygen atoms in total. The molecular formula is C22H22BrN3O3. The van der Waals surface area contributed by atoms with Crippen molar-refractivity contribution in [2.75, 3.05) is 11.9 Å². The minimum atomic E-state index is -0.317. The van der Waals surface area contributed by atoms with Crippen LogP contribution in [0.3, 0.4) is 0 Å². The summed E-state index contributed by atoms with van der Waals surface area (Å²) >= 11 is 3.57. The highest BCUT2D eigenvalue weighted by Gasteiger charge is 2.23. The molecule has 0 spiro atoms. The molecule has 1 aliphatic rings. The number of ether oxygens (including phenoxy) is 1. The van der Waals surface area contributed by atoms with Gasteiger partial charge in [-0.2, -0.15) is 5.10 Å². The molecule has 2 aromatic carbocycles. The highest BCUT2D eigenvalue weighted by atomic mass is 79.9. The fraction of sp³-hybridized carbons (Fsp3) is 0.318. The number of anilines is 1. The van der Waals surface area contributed by atoms with E-state index >= 15 is 0 Å². The number of fused-ring (bicyclic) bond motifs is 1. The lowest BCUT2D eigenvalue weighted by atomic mass is 10.1. The fourth-order valence-corrected chi connectivity index (χ4v) is 3.87. The highest BCUT2D eigenvalue weighted by Crippen LogP contribution is 2.33. The number of carbonyl (C=O) groups excluding carboxylic acids is 2. The van der Waals surface area contributed by atoms with Crippen molar-refractivity contribution in [2.24, 2.45) is 5.92 Å². The van der Waals surface area contributed by atoms with Crippen LogP contribution in [0.4, 0.5) is 5.69 Å². The SMILES string of the molecule is CCOC(=O)Cc1ccccc1NC(=O)c1cc(Br)c2cnn(CC3CC3)c2c1. The zero-order chi connectivity index (χ0) is 20.4. The van der Waals surface area contributed by atoms with Crippen molar-refractivity contribution in [3.8, 4) is 0 Å². The van der Waals surface area contributed by atoms with E-state index in [2.05, 4.69) is 26.3 Å². The van der Waals surface area contributed by atoms with Gasteiger partial charge in [0, 0.05) is 27.7 Å². The van der Waals surface area contributed by atoms with Gasteiger partial charge in [-0.3, -0.25) is 14.3 Å². The van der Waals surface area contributed by atoms with Crippen LogP contribution in [0.15, 0.2) is 47.1 Å². The Labute approximate surface area is 177 Å². The largest absolute Gasteiger partial charge is 0.466 e. The number of esters is 1. The van der Waals surface area contributed by atoms with Crippen LogP contribution in [0, 0.1) is 5.92 Å². The number of rotatable bonds is 7. The number of hydrogen-bond acceptors (Lipinski definition) is 4. The Balaban J connectivity index is 1.59. The first-order valence-electron chi connectivity index (χ1n) is 9.75. The molecule has 1 saturated carbocycles. The van der Waals surface area contributed by atoms with Gasteiger partial charge in [-0.25, -0.2) is 0 Å². The van der Waals surface area contributed by atoms with Crippen molar-refractivity contribution < 1.29 is 14.3 Å². The van der Waals surface area contributed by atoms with Crippen molar-refractivity contribution >= 4 is 44.4 Å². The van der Waals surface area contributed by atoms with Gasteiger partial charge >= 0.3 is 5.97 Å². The van der Waals surface area contributed by atoms with Crippen molar-refractivity contribution in [2.45, 2.75) is 32.7 Å². The number of carbonyl (C=O) groups is 2. The molecule has 1 N–H and O–H groups in total. The Kier molecular flexibility index (Phi) is 5.67. The smallest absolute Gasteiger partial charge is 0.310 e. The Morgan fingerprint density at radius 1 is 1.28 bits per heavy atom. The molecule has 1 aromatic heterocycles. The van der Waals surface area contributed by atoms with E-state index in [1.165, 1.54) is 12.8 Å². The predicted molar refractivity (Wildman–Crippen MR) is 115 cm³/mol. The summed E-state index contributed by atoms with van der Waals surface area (Å²) in [5.74, 6) is 0.134. The van der Waals surface area contributed by atoms with Crippen molar-refractivity contribution in [3.05, 3.63) is 58.2 Å². The van der Waals surface area contributed by atoms with E-state index in [9.17, 15) is 9.59 Å². The minimum absolute atomic E-state index is 0.112. The predicted octanol–water partition coefficient (Wildman–Crippen LogP) is 4.57. The molecule has 150 valence electrons. The first-order valence-corrected chi connectivity index (χ1v) is 10.5. The molecule has 3 aromatic rings. The summed E-state index contributed by atoms with van der Waals surface area (Å²) < 4.78 is 7.84. The van der Waals surface area contributed by atoms with Gasteiger partial charge in [-0.1, -0.05) is 34.1 Å². The number of benzene rings is 2.